The maximum Gasteiger partial charge on any atom is 0.261 e. The summed E-state index contributed by atoms with van der Waals surface area (Å²) in [6.07, 6.45) is 0. The topological polar surface area (TPSA) is 84.5 Å². The van der Waals surface area contributed by atoms with Gasteiger partial charge in [-0.05, 0) is 72.8 Å². The number of hydrogen-bond donors (Lipinski definition) is 2. The summed E-state index contributed by atoms with van der Waals surface area (Å²) < 4.78 is 33.7. The Hall–Kier alpha value is -4.10. The predicted molar refractivity (Wildman–Crippen MR) is 125 cm³/mol. The molecule has 0 bridgehead atoms. The molecular weight excluding hydrogens is 424 g/mol. The van der Waals surface area contributed by atoms with Crippen LogP contribution in [-0.4, -0.2) is 14.3 Å². The number of rotatable bonds is 7. The summed E-state index contributed by atoms with van der Waals surface area (Å²) >= 11 is 0. The highest BCUT2D eigenvalue weighted by molar-refractivity contribution is 7.92. The van der Waals surface area contributed by atoms with Gasteiger partial charge in [0.25, 0.3) is 15.9 Å². The van der Waals surface area contributed by atoms with Crippen molar-refractivity contribution in [3.8, 4) is 11.5 Å². The Morgan fingerprint density at radius 3 is 1.81 bits per heavy atom. The normalized spacial score (nSPS) is 10.9. The van der Waals surface area contributed by atoms with Crippen LogP contribution in [0.3, 0.4) is 0 Å². The number of carbonyl (C=O) groups is 1. The van der Waals surface area contributed by atoms with Gasteiger partial charge in [0.15, 0.2) is 0 Å². The lowest BCUT2D eigenvalue weighted by Crippen LogP contribution is -2.14. The van der Waals surface area contributed by atoms with E-state index in [1.54, 1.807) is 36.4 Å². The van der Waals surface area contributed by atoms with Crippen LogP contribution < -0.4 is 14.8 Å². The van der Waals surface area contributed by atoms with Crippen molar-refractivity contribution in [2.45, 2.75) is 4.90 Å². The van der Waals surface area contributed by atoms with E-state index in [4.69, 9.17) is 4.74 Å². The van der Waals surface area contributed by atoms with Gasteiger partial charge in [0.1, 0.15) is 11.5 Å². The molecule has 0 spiro atoms. The third-order valence-corrected chi connectivity index (χ3v) is 5.94. The summed E-state index contributed by atoms with van der Waals surface area (Å²) in [6, 6.07) is 30.7. The van der Waals surface area contributed by atoms with E-state index in [2.05, 4.69) is 10.0 Å². The van der Waals surface area contributed by atoms with Crippen LogP contribution in [0.2, 0.25) is 0 Å². The summed E-state index contributed by atoms with van der Waals surface area (Å²) in [5.74, 6) is 0.965. The average molecular weight is 445 g/mol. The fourth-order valence-corrected chi connectivity index (χ4v) is 4.00. The van der Waals surface area contributed by atoms with Crippen molar-refractivity contribution in [2.24, 2.45) is 0 Å². The summed E-state index contributed by atoms with van der Waals surface area (Å²) in [4.78, 5) is 12.4. The molecule has 0 aromatic heterocycles. The number of carbonyl (C=O) groups excluding carboxylic acids is 1. The molecule has 4 aromatic rings. The zero-order chi connectivity index (χ0) is 22.4. The van der Waals surface area contributed by atoms with Crippen molar-refractivity contribution < 1.29 is 17.9 Å². The maximum atomic E-state index is 12.7. The second kappa shape index (κ2) is 9.36. The van der Waals surface area contributed by atoms with E-state index in [1.807, 2.05) is 48.5 Å². The third-order valence-electron chi connectivity index (χ3n) is 4.54. The van der Waals surface area contributed by atoms with Gasteiger partial charge in [-0.1, -0.05) is 36.4 Å². The number of sulfonamides is 1. The Bertz CT molecular complexity index is 1290. The molecule has 160 valence electrons. The minimum absolute atomic E-state index is 0.0540. The molecule has 6 nitrogen and oxygen atoms in total. The van der Waals surface area contributed by atoms with Crippen molar-refractivity contribution in [3.05, 3.63) is 115 Å². The van der Waals surface area contributed by atoms with Gasteiger partial charge in [-0.15, -0.1) is 0 Å². The highest BCUT2D eigenvalue weighted by Crippen LogP contribution is 2.24. The molecule has 0 unspecified atom stereocenters. The molecular formula is C25H20N2O4S. The van der Waals surface area contributed by atoms with Crippen molar-refractivity contribution >= 4 is 27.3 Å². The van der Waals surface area contributed by atoms with E-state index in [9.17, 15) is 13.2 Å². The Labute approximate surface area is 186 Å². The van der Waals surface area contributed by atoms with Gasteiger partial charge >= 0.3 is 0 Å². The quantitative estimate of drug-likeness (QED) is 0.392. The van der Waals surface area contributed by atoms with Crippen LogP contribution in [0.1, 0.15) is 10.4 Å². The third kappa shape index (κ3) is 5.33. The lowest BCUT2D eigenvalue weighted by Gasteiger charge is -2.10. The molecule has 4 rings (SSSR count). The largest absolute Gasteiger partial charge is 0.457 e. The van der Waals surface area contributed by atoms with Crippen molar-refractivity contribution in [3.63, 3.8) is 0 Å². The molecule has 0 aliphatic rings. The van der Waals surface area contributed by atoms with Crippen molar-refractivity contribution in [1.29, 1.82) is 0 Å². The van der Waals surface area contributed by atoms with E-state index in [1.165, 1.54) is 24.3 Å². The minimum atomic E-state index is -3.81. The van der Waals surface area contributed by atoms with E-state index in [0.717, 1.165) is 0 Å². The van der Waals surface area contributed by atoms with Gasteiger partial charge in [-0.3, -0.25) is 9.52 Å². The first-order chi connectivity index (χ1) is 15.5. The van der Waals surface area contributed by atoms with Crippen LogP contribution >= 0.6 is 0 Å². The van der Waals surface area contributed by atoms with Crippen LogP contribution in [0.5, 0.6) is 11.5 Å². The molecule has 0 aliphatic carbocycles. The predicted octanol–water partition coefficient (Wildman–Crippen LogP) is 5.53. The lowest BCUT2D eigenvalue weighted by molar-refractivity contribution is 0.102. The number of ether oxygens (including phenoxy) is 1. The zero-order valence-corrected chi connectivity index (χ0v) is 17.8. The Balaban J connectivity index is 1.41. The van der Waals surface area contributed by atoms with Gasteiger partial charge in [-0.2, -0.15) is 0 Å². The van der Waals surface area contributed by atoms with Crippen LogP contribution in [0, 0.1) is 0 Å². The number of amides is 1. The standard InChI is InChI=1S/C25H20N2O4S/c28-25(26-20-7-3-1-4-8-20)19-11-17-24(18-12-19)32(29,30)27-21-13-15-23(16-14-21)31-22-9-5-2-6-10-22/h1-18,27H,(H,26,28). The fraction of sp³-hybridized carbons (Fsp3) is 0. The molecule has 0 aliphatic heterocycles. The molecule has 4 aromatic carbocycles. The van der Waals surface area contributed by atoms with E-state index in [-0.39, 0.29) is 10.8 Å². The van der Waals surface area contributed by atoms with Crippen LogP contribution in [0.4, 0.5) is 11.4 Å². The number of para-hydroxylation sites is 2. The van der Waals surface area contributed by atoms with Crippen molar-refractivity contribution in [1.82, 2.24) is 0 Å². The number of benzene rings is 4. The Morgan fingerprint density at radius 2 is 1.19 bits per heavy atom. The Kier molecular flexibility index (Phi) is 6.19. The average Bonchev–Trinajstić information content (AvgIpc) is 2.82. The number of nitrogens with one attached hydrogen (secondary N) is 2. The molecule has 0 fully saturated rings. The maximum absolute atomic E-state index is 12.7. The minimum Gasteiger partial charge on any atom is -0.457 e. The van der Waals surface area contributed by atoms with Crippen LogP contribution in [-0.2, 0) is 10.0 Å². The molecule has 2 N–H and O–H groups in total. The summed E-state index contributed by atoms with van der Waals surface area (Å²) in [5, 5.41) is 2.76. The van der Waals surface area contributed by atoms with E-state index >= 15 is 0 Å². The number of anilines is 2. The molecule has 7 heteroatoms. The first kappa shape index (κ1) is 21.1. The summed E-state index contributed by atoms with van der Waals surface area (Å²) in [5.41, 5.74) is 1.42. The second-order valence-corrected chi connectivity index (χ2v) is 8.57. The van der Waals surface area contributed by atoms with Gasteiger partial charge in [0, 0.05) is 16.9 Å². The molecule has 0 saturated carbocycles. The SMILES string of the molecule is O=C(Nc1ccccc1)c1ccc(S(=O)(=O)Nc2ccc(Oc3ccccc3)cc2)cc1. The first-order valence-corrected chi connectivity index (χ1v) is 11.3. The van der Waals surface area contributed by atoms with E-state index < -0.39 is 10.0 Å². The first-order valence-electron chi connectivity index (χ1n) is 9.82. The van der Waals surface area contributed by atoms with Gasteiger partial charge in [0.2, 0.25) is 0 Å². The molecule has 1 amide bonds. The highest BCUT2D eigenvalue weighted by atomic mass is 32.2. The molecule has 0 saturated heterocycles. The smallest absolute Gasteiger partial charge is 0.261 e. The molecule has 0 atom stereocenters. The number of hydrogen-bond acceptors (Lipinski definition) is 4. The molecule has 32 heavy (non-hydrogen) atoms. The summed E-state index contributed by atoms with van der Waals surface area (Å²) in [7, 11) is -3.81. The lowest BCUT2D eigenvalue weighted by atomic mass is 10.2. The van der Waals surface area contributed by atoms with Crippen LogP contribution in [0.25, 0.3) is 0 Å². The van der Waals surface area contributed by atoms with Gasteiger partial charge < -0.3 is 10.1 Å². The Morgan fingerprint density at radius 1 is 0.625 bits per heavy atom. The second-order valence-electron chi connectivity index (χ2n) is 6.89. The van der Waals surface area contributed by atoms with Crippen LogP contribution in [0.15, 0.2) is 114 Å². The van der Waals surface area contributed by atoms with E-state index in [0.29, 0.717) is 28.4 Å². The summed E-state index contributed by atoms with van der Waals surface area (Å²) in [6.45, 7) is 0. The van der Waals surface area contributed by atoms with Crippen molar-refractivity contribution in [2.75, 3.05) is 10.0 Å². The monoisotopic (exact) mass is 444 g/mol. The fourth-order valence-electron chi connectivity index (χ4n) is 2.94. The zero-order valence-electron chi connectivity index (χ0n) is 16.9. The highest BCUT2D eigenvalue weighted by Gasteiger charge is 2.15. The van der Waals surface area contributed by atoms with Gasteiger partial charge in [0.05, 0.1) is 4.90 Å². The molecule has 0 heterocycles. The molecule has 0 radical (unpaired) electrons. The van der Waals surface area contributed by atoms with Gasteiger partial charge in [-0.25, -0.2) is 8.42 Å².